The molecular weight excluding hydrogens is 258 g/mol. The second-order valence-electron chi connectivity index (χ2n) is 4.07. The first-order valence-electron chi connectivity index (χ1n) is 5.53. The van der Waals surface area contributed by atoms with E-state index in [4.69, 9.17) is 10.5 Å². The van der Waals surface area contributed by atoms with E-state index in [-0.39, 0.29) is 5.97 Å². The van der Waals surface area contributed by atoms with Gasteiger partial charge in [-0.15, -0.1) is 0 Å². The molecule has 1 aromatic rings. The van der Waals surface area contributed by atoms with Crippen LogP contribution in [0.1, 0.15) is 26.2 Å². The third kappa shape index (κ3) is 2.97. The first kappa shape index (κ1) is 12.8. The summed E-state index contributed by atoms with van der Waals surface area (Å²) in [6, 6.07) is 0. The third-order valence-electron chi connectivity index (χ3n) is 2.79. The quantitative estimate of drug-likeness (QED) is 0.836. The van der Waals surface area contributed by atoms with Crippen LogP contribution in [0.5, 0.6) is 0 Å². The molecule has 17 heavy (non-hydrogen) atoms. The fourth-order valence-corrected chi connectivity index (χ4v) is 3.95. The fraction of sp³-hybridized carbons (Fsp3) is 0.700. The van der Waals surface area contributed by atoms with Crippen LogP contribution in [-0.4, -0.2) is 32.7 Å². The second-order valence-corrected chi connectivity index (χ2v) is 6.39. The number of aromatic nitrogens is 2. The molecule has 1 saturated carbocycles. The van der Waals surface area contributed by atoms with Gasteiger partial charge in [0, 0.05) is 5.25 Å². The van der Waals surface area contributed by atoms with Gasteiger partial charge in [0.05, 0.1) is 6.61 Å². The van der Waals surface area contributed by atoms with Gasteiger partial charge in [-0.25, -0.2) is 4.98 Å². The normalized spacial score (nSPS) is 28.2. The Hall–Kier alpha value is -0.660. The SMILES string of the molecule is CCOC(=O)C1(N)CCC(Sc2ncns2)C1. The average Bonchev–Trinajstić information content (AvgIpc) is 2.91. The van der Waals surface area contributed by atoms with E-state index >= 15 is 0 Å². The fourth-order valence-electron chi connectivity index (χ4n) is 1.95. The lowest BCUT2D eigenvalue weighted by Gasteiger charge is -2.21. The molecule has 0 radical (unpaired) electrons. The first-order valence-corrected chi connectivity index (χ1v) is 7.19. The molecule has 2 N–H and O–H groups in total. The Morgan fingerprint density at radius 3 is 3.29 bits per heavy atom. The van der Waals surface area contributed by atoms with Crippen molar-refractivity contribution in [2.24, 2.45) is 5.73 Å². The molecule has 5 nitrogen and oxygen atoms in total. The number of hydrogen-bond acceptors (Lipinski definition) is 7. The topological polar surface area (TPSA) is 78.1 Å². The molecule has 94 valence electrons. The van der Waals surface area contributed by atoms with Crippen LogP contribution in [0.25, 0.3) is 0 Å². The Kier molecular flexibility index (Phi) is 4.01. The zero-order valence-electron chi connectivity index (χ0n) is 9.59. The molecule has 0 aromatic carbocycles. The van der Waals surface area contributed by atoms with Crippen molar-refractivity contribution in [2.45, 2.75) is 41.3 Å². The van der Waals surface area contributed by atoms with Crippen LogP contribution in [0, 0.1) is 0 Å². The summed E-state index contributed by atoms with van der Waals surface area (Å²) in [6.45, 7) is 2.18. The highest BCUT2D eigenvalue weighted by Gasteiger charge is 2.43. The van der Waals surface area contributed by atoms with Gasteiger partial charge in [0.25, 0.3) is 0 Å². The Morgan fingerprint density at radius 1 is 1.82 bits per heavy atom. The molecule has 7 heteroatoms. The molecule has 1 heterocycles. The minimum absolute atomic E-state index is 0.277. The van der Waals surface area contributed by atoms with Crippen LogP contribution in [0.4, 0.5) is 0 Å². The highest BCUT2D eigenvalue weighted by molar-refractivity contribution is 8.01. The highest BCUT2D eigenvalue weighted by atomic mass is 32.2. The molecule has 1 aromatic heterocycles. The van der Waals surface area contributed by atoms with Crippen molar-refractivity contribution in [3.05, 3.63) is 6.33 Å². The number of thioether (sulfide) groups is 1. The standard InChI is InChI=1S/C10H15N3O2S2/c1-2-15-8(14)10(11)4-3-7(5-10)16-9-12-6-13-17-9/h6-7H,2-5,11H2,1H3. The smallest absolute Gasteiger partial charge is 0.326 e. The summed E-state index contributed by atoms with van der Waals surface area (Å²) in [5, 5.41) is 0.331. The van der Waals surface area contributed by atoms with Gasteiger partial charge < -0.3 is 10.5 Å². The lowest BCUT2D eigenvalue weighted by atomic mass is 10.00. The number of nitrogens with two attached hydrogens (primary N) is 1. The molecule has 0 spiro atoms. The van der Waals surface area contributed by atoms with E-state index in [0.717, 1.165) is 10.8 Å². The monoisotopic (exact) mass is 273 g/mol. The first-order chi connectivity index (χ1) is 8.14. The summed E-state index contributed by atoms with van der Waals surface area (Å²) in [4.78, 5) is 15.9. The molecule has 0 saturated heterocycles. The third-order valence-corrected chi connectivity index (χ3v) is 4.81. The van der Waals surface area contributed by atoms with Crippen LogP contribution in [0.3, 0.4) is 0 Å². The van der Waals surface area contributed by atoms with Crippen LogP contribution in [0.2, 0.25) is 0 Å². The van der Waals surface area contributed by atoms with Crippen molar-refractivity contribution in [1.29, 1.82) is 0 Å². The molecular formula is C10H15N3O2S2. The Labute approximate surface area is 108 Å². The van der Waals surface area contributed by atoms with Crippen LogP contribution < -0.4 is 5.73 Å². The van der Waals surface area contributed by atoms with Gasteiger partial charge in [-0.05, 0) is 37.7 Å². The van der Waals surface area contributed by atoms with Gasteiger partial charge in [-0.1, -0.05) is 11.8 Å². The van der Waals surface area contributed by atoms with E-state index in [2.05, 4.69) is 9.36 Å². The zero-order chi connectivity index (χ0) is 12.3. The molecule has 2 atom stereocenters. The number of hydrogen-bond donors (Lipinski definition) is 1. The van der Waals surface area contributed by atoms with E-state index in [0.29, 0.717) is 24.7 Å². The van der Waals surface area contributed by atoms with Gasteiger partial charge >= 0.3 is 5.97 Å². The second kappa shape index (κ2) is 5.32. The van der Waals surface area contributed by atoms with E-state index in [1.807, 2.05) is 0 Å². The van der Waals surface area contributed by atoms with Gasteiger partial charge in [0.2, 0.25) is 0 Å². The Morgan fingerprint density at radius 2 is 2.65 bits per heavy atom. The zero-order valence-corrected chi connectivity index (χ0v) is 11.2. The van der Waals surface area contributed by atoms with Crippen molar-refractivity contribution in [2.75, 3.05) is 6.61 Å². The minimum Gasteiger partial charge on any atom is -0.465 e. The maximum atomic E-state index is 11.7. The van der Waals surface area contributed by atoms with Crippen LogP contribution >= 0.6 is 23.3 Å². The number of esters is 1. The average molecular weight is 273 g/mol. The molecule has 1 aliphatic carbocycles. The van der Waals surface area contributed by atoms with Crippen molar-refractivity contribution in [3.63, 3.8) is 0 Å². The summed E-state index contributed by atoms with van der Waals surface area (Å²) < 4.78 is 9.90. The molecule has 0 amide bonds. The van der Waals surface area contributed by atoms with E-state index < -0.39 is 5.54 Å². The predicted molar refractivity (Wildman–Crippen MR) is 67.0 cm³/mol. The molecule has 0 bridgehead atoms. The van der Waals surface area contributed by atoms with E-state index in [9.17, 15) is 4.79 Å². The van der Waals surface area contributed by atoms with Gasteiger partial charge in [-0.3, -0.25) is 4.79 Å². The summed E-state index contributed by atoms with van der Waals surface area (Å²) in [5.41, 5.74) is 5.28. The summed E-state index contributed by atoms with van der Waals surface area (Å²) in [7, 11) is 0. The Bertz CT molecular complexity index is 385. The minimum atomic E-state index is -0.807. The predicted octanol–water partition coefficient (Wildman–Crippen LogP) is 1.44. The van der Waals surface area contributed by atoms with Crippen molar-refractivity contribution in [1.82, 2.24) is 9.36 Å². The van der Waals surface area contributed by atoms with Crippen molar-refractivity contribution < 1.29 is 9.53 Å². The molecule has 2 unspecified atom stereocenters. The van der Waals surface area contributed by atoms with Crippen LogP contribution in [0.15, 0.2) is 10.7 Å². The molecule has 2 rings (SSSR count). The highest BCUT2D eigenvalue weighted by Crippen LogP contribution is 2.39. The van der Waals surface area contributed by atoms with Gasteiger partial charge in [0.15, 0.2) is 4.34 Å². The molecule has 1 fully saturated rings. The maximum absolute atomic E-state index is 11.7. The number of carbonyl (C=O) groups excluding carboxylic acids is 1. The largest absolute Gasteiger partial charge is 0.465 e. The summed E-state index contributed by atoms with van der Waals surface area (Å²) >= 11 is 3.03. The Balaban J connectivity index is 1.92. The number of rotatable bonds is 4. The van der Waals surface area contributed by atoms with Crippen molar-refractivity contribution >= 4 is 29.3 Å². The van der Waals surface area contributed by atoms with Crippen LogP contribution in [-0.2, 0) is 9.53 Å². The lowest BCUT2D eigenvalue weighted by Crippen LogP contribution is -2.47. The number of carbonyl (C=O) groups is 1. The lowest BCUT2D eigenvalue weighted by molar-refractivity contribution is -0.149. The summed E-state index contributed by atoms with van der Waals surface area (Å²) in [5.74, 6) is -0.277. The maximum Gasteiger partial charge on any atom is 0.326 e. The van der Waals surface area contributed by atoms with Crippen molar-refractivity contribution in [3.8, 4) is 0 Å². The number of ether oxygens (including phenoxy) is 1. The number of nitrogens with zero attached hydrogens (tertiary/aromatic N) is 2. The molecule has 1 aliphatic rings. The molecule has 0 aliphatic heterocycles. The summed E-state index contributed by atoms with van der Waals surface area (Å²) in [6.07, 6.45) is 3.79. The van der Waals surface area contributed by atoms with Gasteiger partial charge in [0.1, 0.15) is 11.9 Å². The van der Waals surface area contributed by atoms with E-state index in [1.54, 1.807) is 25.0 Å². The van der Waals surface area contributed by atoms with E-state index in [1.165, 1.54) is 11.5 Å². The van der Waals surface area contributed by atoms with Gasteiger partial charge in [-0.2, -0.15) is 4.37 Å².